The second-order valence-electron chi connectivity index (χ2n) is 6.30. The first-order valence-electron chi connectivity index (χ1n) is 7.30. The Hall–Kier alpha value is -0.0800. The van der Waals surface area contributed by atoms with Gasteiger partial charge in [-0.15, -0.1) is 0 Å². The zero-order valence-corrected chi connectivity index (χ0v) is 10.6. The van der Waals surface area contributed by atoms with Gasteiger partial charge in [0.2, 0.25) is 0 Å². The fourth-order valence-electron chi connectivity index (χ4n) is 3.57. The lowest BCUT2D eigenvalue weighted by atomic mass is 10.0. The summed E-state index contributed by atoms with van der Waals surface area (Å²) in [6, 6.07) is 1.81. The van der Waals surface area contributed by atoms with E-state index >= 15 is 0 Å². The van der Waals surface area contributed by atoms with Crippen LogP contribution in [0.1, 0.15) is 45.4 Å². The van der Waals surface area contributed by atoms with Crippen molar-refractivity contribution in [3.8, 4) is 0 Å². The van der Waals surface area contributed by atoms with Gasteiger partial charge in [-0.05, 0) is 57.0 Å². The summed E-state index contributed by atoms with van der Waals surface area (Å²) in [5.41, 5.74) is 0. The number of rotatable bonds is 4. The molecule has 0 spiro atoms. The standard InChI is InChI=1S/C14H26N2/c1-11-3-2-4-14(11)15-9-12-7-8-16(10-12)13-5-6-13/h11-15H,2-10H2,1H3. The second-order valence-corrected chi connectivity index (χ2v) is 6.30. The molecule has 3 atom stereocenters. The lowest BCUT2D eigenvalue weighted by molar-refractivity contribution is 0.305. The molecule has 3 rings (SSSR count). The van der Waals surface area contributed by atoms with Crippen LogP contribution in [0.2, 0.25) is 0 Å². The van der Waals surface area contributed by atoms with Crippen molar-refractivity contribution in [1.82, 2.24) is 10.2 Å². The number of nitrogens with zero attached hydrogens (tertiary/aromatic N) is 1. The molecule has 3 fully saturated rings. The summed E-state index contributed by atoms with van der Waals surface area (Å²) in [5.74, 6) is 1.86. The minimum absolute atomic E-state index is 0.829. The average Bonchev–Trinajstić information content (AvgIpc) is 2.89. The molecule has 1 aliphatic heterocycles. The highest BCUT2D eigenvalue weighted by atomic mass is 15.2. The molecule has 0 radical (unpaired) electrons. The van der Waals surface area contributed by atoms with Gasteiger partial charge in [-0.3, -0.25) is 0 Å². The first kappa shape index (κ1) is 11.0. The molecule has 92 valence electrons. The Balaban J connectivity index is 1.39. The van der Waals surface area contributed by atoms with Gasteiger partial charge in [-0.1, -0.05) is 13.3 Å². The molecular formula is C14H26N2. The normalized spacial score (nSPS) is 40.7. The molecule has 2 saturated carbocycles. The molecule has 16 heavy (non-hydrogen) atoms. The number of hydrogen-bond donors (Lipinski definition) is 1. The molecule has 0 aromatic rings. The Morgan fingerprint density at radius 2 is 2.00 bits per heavy atom. The van der Waals surface area contributed by atoms with Gasteiger partial charge in [0.25, 0.3) is 0 Å². The van der Waals surface area contributed by atoms with Gasteiger partial charge < -0.3 is 10.2 Å². The first-order valence-corrected chi connectivity index (χ1v) is 7.30. The van der Waals surface area contributed by atoms with Crippen molar-refractivity contribution in [2.75, 3.05) is 19.6 Å². The predicted molar refractivity (Wildman–Crippen MR) is 67.5 cm³/mol. The van der Waals surface area contributed by atoms with Crippen LogP contribution in [-0.2, 0) is 0 Å². The molecule has 2 aliphatic carbocycles. The number of hydrogen-bond acceptors (Lipinski definition) is 2. The molecule has 0 aromatic heterocycles. The van der Waals surface area contributed by atoms with E-state index < -0.39 is 0 Å². The minimum atomic E-state index is 0.829. The van der Waals surface area contributed by atoms with Crippen LogP contribution in [0.3, 0.4) is 0 Å². The summed E-state index contributed by atoms with van der Waals surface area (Å²) in [5, 5.41) is 3.83. The molecule has 1 N–H and O–H groups in total. The summed E-state index contributed by atoms with van der Waals surface area (Å²) in [6.07, 6.45) is 8.68. The van der Waals surface area contributed by atoms with Gasteiger partial charge in [0.05, 0.1) is 0 Å². The third kappa shape index (κ3) is 2.43. The van der Waals surface area contributed by atoms with Crippen molar-refractivity contribution in [2.45, 2.75) is 57.5 Å². The van der Waals surface area contributed by atoms with E-state index in [0.29, 0.717) is 0 Å². The summed E-state index contributed by atoms with van der Waals surface area (Å²) in [4.78, 5) is 2.73. The van der Waals surface area contributed by atoms with Crippen molar-refractivity contribution in [3.05, 3.63) is 0 Å². The van der Waals surface area contributed by atoms with Crippen molar-refractivity contribution in [3.63, 3.8) is 0 Å². The molecule has 3 aliphatic rings. The van der Waals surface area contributed by atoms with Crippen LogP contribution >= 0.6 is 0 Å². The summed E-state index contributed by atoms with van der Waals surface area (Å²) >= 11 is 0. The van der Waals surface area contributed by atoms with Crippen LogP contribution < -0.4 is 5.32 Å². The monoisotopic (exact) mass is 222 g/mol. The molecule has 0 bridgehead atoms. The fraction of sp³-hybridized carbons (Fsp3) is 1.00. The lowest BCUT2D eigenvalue weighted by Gasteiger charge is -2.20. The predicted octanol–water partition coefficient (Wildman–Crippen LogP) is 2.25. The zero-order chi connectivity index (χ0) is 11.0. The Kier molecular flexibility index (Phi) is 3.21. The molecule has 3 unspecified atom stereocenters. The Labute approximate surface area is 99.8 Å². The highest BCUT2D eigenvalue weighted by Gasteiger charge is 2.34. The van der Waals surface area contributed by atoms with E-state index in [9.17, 15) is 0 Å². The highest BCUT2D eigenvalue weighted by molar-refractivity contribution is 4.90. The molecular weight excluding hydrogens is 196 g/mol. The van der Waals surface area contributed by atoms with Crippen LogP contribution in [0.5, 0.6) is 0 Å². The van der Waals surface area contributed by atoms with E-state index in [1.165, 1.54) is 58.2 Å². The lowest BCUT2D eigenvalue weighted by Crippen LogP contribution is -2.36. The molecule has 1 saturated heterocycles. The minimum Gasteiger partial charge on any atom is -0.313 e. The topological polar surface area (TPSA) is 15.3 Å². The Morgan fingerprint density at radius 3 is 2.69 bits per heavy atom. The van der Waals surface area contributed by atoms with Crippen LogP contribution in [0, 0.1) is 11.8 Å². The second kappa shape index (κ2) is 4.66. The van der Waals surface area contributed by atoms with Gasteiger partial charge in [-0.2, -0.15) is 0 Å². The van der Waals surface area contributed by atoms with Crippen LogP contribution in [0.4, 0.5) is 0 Å². The summed E-state index contributed by atoms with van der Waals surface area (Å²) in [7, 11) is 0. The average molecular weight is 222 g/mol. The molecule has 0 amide bonds. The highest BCUT2D eigenvalue weighted by Crippen LogP contribution is 2.32. The van der Waals surface area contributed by atoms with Gasteiger partial charge in [0.15, 0.2) is 0 Å². The first-order chi connectivity index (χ1) is 7.83. The largest absolute Gasteiger partial charge is 0.313 e. The van der Waals surface area contributed by atoms with E-state index in [-0.39, 0.29) is 0 Å². The molecule has 0 aromatic carbocycles. The van der Waals surface area contributed by atoms with Crippen LogP contribution in [0.15, 0.2) is 0 Å². The summed E-state index contributed by atoms with van der Waals surface area (Å²) in [6.45, 7) is 6.43. The van der Waals surface area contributed by atoms with Gasteiger partial charge in [0, 0.05) is 18.6 Å². The third-order valence-corrected chi connectivity index (χ3v) is 4.91. The number of likely N-dealkylation sites (tertiary alicyclic amines) is 1. The zero-order valence-electron chi connectivity index (χ0n) is 10.6. The van der Waals surface area contributed by atoms with Crippen LogP contribution in [-0.4, -0.2) is 36.6 Å². The van der Waals surface area contributed by atoms with Crippen molar-refractivity contribution < 1.29 is 0 Å². The van der Waals surface area contributed by atoms with E-state index in [1.54, 1.807) is 0 Å². The van der Waals surface area contributed by atoms with Crippen molar-refractivity contribution in [1.29, 1.82) is 0 Å². The maximum Gasteiger partial charge on any atom is 0.00965 e. The van der Waals surface area contributed by atoms with Crippen molar-refractivity contribution >= 4 is 0 Å². The van der Waals surface area contributed by atoms with E-state index in [1.807, 2.05) is 0 Å². The van der Waals surface area contributed by atoms with Gasteiger partial charge in [-0.25, -0.2) is 0 Å². The smallest absolute Gasteiger partial charge is 0.00965 e. The van der Waals surface area contributed by atoms with Gasteiger partial charge in [0.1, 0.15) is 0 Å². The van der Waals surface area contributed by atoms with E-state index in [2.05, 4.69) is 17.1 Å². The maximum absolute atomic E-state index is 3.83. The SMILES string of the molecule is CC1CCCC1NCC1CCN(C2CC2)C1. The molecule has 1 heterocycles. The third-order valence-electron chi connectivity index (χ3n) is 4.91. The van der Waals surface area contributed by atoms with E-state index in [0.717, 1.165) is 23.9 Å². The summed E-state index contributed by atoms with van der Waals surface area (Å²) < 4.78 is 0. The molecule has 2 nitrogen and oxygen atoms in total. The maximum atomic E-state index is 3.83. The Bertz CT molecular complexity index is 237. The van der Waals surface area contributed by atoms with E-state index in [4.69, 9.17) is 0 Å². The fourth-order valence-corrected chi connectivity index (χ4v) is 3.57. The van der Waals surface area contributed by atoms with Gasteiger partial charge >= 0.3 is 0 Å². The van der Waals surface area contributed by atoms with Crippen LogP contribution in [0.25, 0.3) is 0 Å². The molecule has 2 heteroatoms. The Morgan fingerprint density at radius 1 is 1.12 bits per heavy atom. The quantitative estimate of drug-likeness (QED) is 0.785. The number of nitrogens with one attached hydrogen (secondary N) is 1. The van der Waals surface area contributed by atoms with Crippen molar-refractivity contribution in [2.24, 2.45) is 11.8 Å².